The van der Waals surface area contributed by atoms with Crippen LogP contribution in [0, 0.1) is 11.3 Å². The van der Waals surface area contributed by atoms with Crippen LogP contribution in [0.1, 0.15) is 66.7 Å². The summed E-state index contributed by atoms with van der Waals surface area (Å²) in [7, 11) is 0. The van der Waals surface area contributed by atoms with Crippen LogP contribution in [0.3, 0.4) is 0 Å². The molecule has 0 bridgehead atoms. The molecule has 0 aromatic heterocycles. The molecule has 1 heterocycles. The van der Waals surface area contributed by atoms with Gasteiger partial charge in [-0.1, -0.05) is 53.9 Å². The summed E-state index contributed by atoms with van der Waals surface area (Å²) in [6.07, 6.45) is 5.44. The van der Waals surface area contributed by atoms with Crippen molar-refractivity contribution in [1.29, 1.82) is 0 Å². The molecule has 1 rings (SSSR count). The predicted octanol–water partition coefficient (Wildman–Crippen LogP) is 2.97. The predicted molar refractivity (Wildman–Crippen MR) is 85.9 cm³/mol. The Morgan fingerprint density at radius 1 is 1.29 bits per heavy atom. The van der Waals surface area contributed by atoms with E-state index >= 15 is 0 Å². The van der Waals surface area contributed by atoms with Crippen LogP contribution in [0.2, 0.25) is 0 Å². The first-order valence-electron chi connectivity index (χ1n) is 8.33. The smallest absolute Gasteiger partial charge is 0.245 e. The number of carbonyl (C=O) groups excluding carboxylic acids is 2. The fourth-order valence-corrected chi connectivity index (χ4v) is 2.99. The molecule has 0 spiro atoms. The molecule has 0 aromatic carbocycles. The molecule has 1 unspecified atom stereocenters. The molecular weight excluding hydrogens is 264 g/mol. The van der Waals surface area contributed by atoms with Crippen LogP contribution in [0.5, 0.6) is 0 Å². The number of piperazine rings is 1. The zero-order chi connectivity index (χ0) is 16.0. The van der Waals surface area contributed by atoms with Gasteiger partial charge in [-0.2, -0.15) is 0 Å². The maximum absolute atomic E-state index is 12.5. The Labute approximate surface area is 129 Å². The lowest BCUT2D eigenvalue weighted by molar-refractivity contribution is -0.146. The largest absolute Gasteiger partial charge is 0.343 e. The maximum Gasteiger partial charge on any atom is 0.245 e. The molecule has 0 saturated carbocycles. The number of amides is 2. The third-order valence-corrected chi connectivity index (χ3v) is 4.06. The minimum Gasteiger partial charge on any atom is -0.343 e. The van der Waals surface area contributed by atoms with Crippen molar-refractivity contribution in [2.75, 3.05) is 13.1 Å². The van der Waals surface area contributed by atoms with Gasteiger partial charge in [0.25, 0.3) is 0 Å². The van der Waals surface area contributed by atoms with Gasteiger partial charge < -0.3 is 10.2 Å². The SMILES string of the molecule is CCCCCC(C)(C)CN1CC(=O)NC(CC(C)C)C1=O. The van der Waals surface area contributed by atoms with Crippen LogP contribution >= 0.6 is 0 Å². The van der Waals surface area contributed by atoms with Crippen LogP contribution in [0.25, 0.3) is 0 Å². The Kier molecular flexibility index (Phi) is 6.69. The van der Waals surface area contributed by atoms with E-state index in [4.69, 9.17) is 0 Å². The summed E-state index contributed by atoms with van der Waals surface area (Å²) in [6.45, 7) is 11.6. The molecule has 1 atom stereocenters. The van der Waals surface area contributed by atoms with Gasteiger partial charge in [0.2, 0.25) is 11.8 Å². The second-order valence-corrected chi connectivity index (χ2v) is 7.57. The molecule has 1 aliphatic heterocycles. The fraction of sp³-hybridized carbons (Fsp3) is 0.882. The standard InChI is InChI=1S/C17H32N2O2/c1-6-7-8-9-17(4,5)12-19-11-15(20)18-14(16(19)21)10-13(2)3/h13-14H,6-12H2,1-5H3,(H,18,20). The lowest BCUT2D eigenvalue weighted by Crippen LogP contribution is -2.59. The Bertz CT molecular complexity index is 364. The van der Waals surface area contributed by atoms with Crippen LogP contribution < -0.4 is 5.32 Å². The second kappa shape index (κ2) is 7.81. The molecule has 1 aliphatic rings. The van der Waals surface area contributed by atoms with E-state index in [0.717, 1.165) is 12.8 Å². The Hall–Kier alpha value is -1.06. The summed E-state index contributed by atoms with van der Waals surface area (Å²) < 4.78 is 0. The van der Waals surface area contributed by atoms with Crippen molar-refractivity contribution in [1.82, 2.24) is 10.2 Å². The van der Waals surface area contributed by atoms with E-state index in [9.17, 15) is 9.59 Å². The van der Waals surface area contributed by atoms with Gasteiger partial charge >= 0.3 is 0 Å². The number of unbranched alkanes of at least 4 members (excludes halogenated alkanes) is 2. The van der Waals surface area contributed by atoms with E-state index in [0.29, 0.717) is 12.5 Å². The molecule has 4 heteroatoms. The van der Waals surface area contributed by atoms with Gasteiger partial charge in [0.15, 0.2) is 0 Å². The first-order valence-corrected chi connectivity index (χ1v) is 8.33. The average molecular weight is 296 g/mol. The number of hydrogen-bond donors (Lipinski definition) is 1. The third-order valence-electron chi connectivity index (χ3n) is 4.06. The highest BCUT2D eigenvalue weighted by Gasteiger charge is 2.35. The third kappa shape index (κ3) is 6.06. The quantitative estimate of drug-likeness (QED) is 0.700. The van der Waals surface area contributed by atoms with E-state index in [-0.39, 0.29) is 29.8 Å². The number of nitrogens with zero attached hydrogens (tertiary/aromatic N) is 1. The summed E-state index contributed by atoms with van der Waals surface area (Å²) in [4.78, 5) is 26.1. The molecular formula is C17H32N2O2. The van der Waals surface area contributed by atoms with Crippen molar-refractivity contribution >= 4 is 11.8 Å². The zero-order valence-corrected chi connectivity index (χ0v) is 14.4. The van der Waals surface area contributed by atoms with Gasteiger partial charge in [0.1, 0.15) is 6.04 Å². The minimum atomic E-state index is -0.335. The van der Waals surface area contributed by atoms with E-state index in [1.165, 1.54) is 19.3 Å². The van der Waals surface area contributed by atoms with Crippen LogP contribution in [-0.4, -0.2) is 35.8 Å². The number of carbonyl (C=O) groups is 2. The van der Waals surface area contributed by atoms with Gasteiger partial charge in [-0.25, -0.2) is 0 Å². The average Bonchev–Trinajstić information content (AvgIpc) is 2.34. The van der Waals surface area contributed by atoms with Crippen molar-refractivity contribution in [2.45, 2.75) is 72.8 Å². The van der Waals surface area contributed by atoms with Gasteiger partial charge in [-0.3, -0.25) is 9.59 Å². The van der Waals surface area contributed by atoms with Gasteiger partial charge in [0.05, 0.1) is 6.54 Å². The molecule has 0 aromatic rings. The molecule has 2 amide bonds. The maximum atomic E-state index is 12.5. The first-order chi connectivity index (χ1) is 9.75. The van der Waals surface area contributed by atoms with E-state index < -0.39 is 0 Å². The zero-order valence-electron chi connectivity index (χ0n) is 14.4. The topological polar surface area (TPSA) is 49.4 Å². The minimum absolute atomic E-state index is 0.0235. The van der Waals surface area contributed by atoms with Crippen LogP contribution in [-0.2, 0) is 9.59 Å². The summed E-state index contributed by atoms with van der Waals surface area (Å²) in [5, 5.41) is 2.84. The van der Waals surface area contributed by atoms with E-state index in [1.807, 2.05) is 0 Å². The van der Waals surface area contributed by atoms with Crippen LogP contribution in [0.4, 0.5) is 0 Å². The summed E-state index contributed by atoms with van der Waals surface area (Å²) in [6, 6.07) is -0.335. The highest BCUT2D eigenvalue weighted by molar-refractivity contribution is 5.94. The monoisotopic (exact) mass is 296 g/mol. The number of rotatable bonds is 8. The normalized spacial score (nSPS) is 20.1. The van der Waals surface area contributed by atoms with Crippen molar-refractivity contribution in [2.24, 2.45) is 11.3 Å². The summed E-state index contributed by atoms with van der Waals surface area (Å²) in [5.74, 6) is 0.466. The molecule has 1 saturated heterocycles. The van der Waals surface area contributed by atoms with Crippen molar-refractivity contribution in [3.8, 4) is 0 Å². The Balaban J connectivity index is 2.63. The van der Waals surface area contributed by atoms with Gasteiger partial charge in [-0.15, -0.1) is 0 Å². The van der Waals surface area contributed by atoms with Crippen molar-refractivity contribution in [3.05, 3.63) is 0 Å². The first kappa shape index (κ1) is 18.0. The second-order valence-electron chi connectivity index (χ2n) is 7.57. The van der Waals surface area contributed by atoms with Crippen molar-refractivity contribution in [3.63, 3.8) is 0 Å². The number of hydrogen-bond acceptors (Lipinski definition) is 2. The summed E-state index contributed by atoms with van der Waals surface area (Å²) >= 11 is 0. The van der Waals surface area contributed by atoms with E-state index in [2.05, 4.69) is 39.9 Å². The molecule has 1 fully saturated rings. The van der Waals surface area contributed by atoms with Crippen molar-refractivity contribution < 1.29 is 9.59 Å². The van der Waals surface area contributed by atoms with Gasteiger partial charge in [0, 0.05) is 6.54 Å². The molecule has 0 aliphatic carbocycles. The Morgan fingerprint density at radius 3 is 2.52 bits per heavy atom. The molecule has 0 radical (unpaired) electrons. The lowest BCUT2D eigenvalue weighted by Gasteiger charge is -2.38. The lowest BCUT2D eigenvalue weighted by atomic mass is 9.85. The fourth-order valence-electron chi connectivity index (χ4n) is 2.99. The van der Waals surface area contributed by atoms with Crippen LogP contribution in [0.15, 0.2) is 0 Å². The van der Waals surface area contributed by atoms with E-state index in [1.54, 1.807) is 4.90 Å². The highest BCUT2D eigenvalue weighted by Crippen LogP contribution is 2.26. The summed E-state index contributed by atoms with van der Waals surface area (Å²) in [5.41, 5.74) is 0.0742. The van der Waals surface area contributed by atoms with Gasteiger partial charge in [-0.05, 0) is 24.2 Å². The molecule has 21 heavy (non-hydrogen) atoms. The molecule has 122 valence electrons. The molecule has 1 N–H and O–H groups in total. The Morgan fingerprint density at radius 2 is 1.95 bits per heavy atom. The molecule has 4 nitrogen and oxygen atoms in total. The highest BCUT2D eigenvalue weighted by atomic mass is 16.2. The number of nitrogens with one attached hydrogen (secondary N) is 1.